The first kappa shape index (κ1) is 18.9. The molecule has 5 nitrogen and oxygen atoms in total. The van der Waals surface area contributed by atoms with E-state index in [2.05, 4.69) is 26.2 Å². The lowest BCUT2D eigenvalue weighted by atomic mass is 9.95. The van der Waals surface area contributed by atoms with Crippen molar-refractivity contribution in [2.24, 2.45) is 0 Å². The lowest BCUT2D eigenvalue weighted by Crippen LogP contribution is -2.39. The van der Waals surface area contributed by atoms with E-state index in [0.717, 1.165) is 46.9 Å². The molecule has 0 aliphatic heterocycles. The van der Waals surface area contributed by atoms with E-state index >= 15 is 0 Å². The van der Waals surface area contributed by atoms with Gasteiger partial charge in [0.25, 0.3) is 11.5 Å². The van der Waals surface area contributed by atoms with Gasteiger partial charge in [0.2, 0.25) is 0 Å². The summed E-state index contributed by atoms with van der Waals surface area (Å²) in [5.41, 5.74) is 2.50. The number of aromatic nitrogens is 2. The molecule has 0 bridgehead atoms. The first-order valence-electron chi connectivity index (χ1n) is 9.66. The zero-order valence-electron chi connectivity index (χ0n) is 15.5. The molecule has 1 N–H and O–H groups in total. The standard InChI is InChI=1S/C22H22BrN3O2/c23-16-9-10-18(24-14-16)12-15-13-19(21(27)25-17-6-2-1-3-7-17)22(28)26-11-5-4-8-20(15)26/h4-5,8-11,13-14,17H,1-3,6-7,12H2,(H,25,27). The maximum absolute atomic E-state index is 12.9. The minimum absolute atomic E-state index is 0.161. The molecule has 3 aromatic rings. The molecular weight excluding hydrogens is 418 g/mol. The predicted octanol–water partition coefficient (Wildman–Crippen LogP) is 4.11. The Labute approximate surface area is 171 Å². The second kappa shape index (κ2) is 8.27. The normalized spacial score (nSPS) is 14.9. The smallest absolute Gasteiger partial charge is 0.267 e. The van der Waals surface area contributed by atoms with Crippen LogP contribution in [0.4, 0.5) is 0 Å². The molecule has 0 radical (unpaired) electrons. The summed E-state index contributed by atoms with van der Waals surface area (Å²) in [5, 5.41) is 3.07. The van der Waals surface area contributed by atoms with Crippen LogP contribution in [0.2, 0.25) is 0 Å². The van der Waals surface area contributed by atoms with Gasteiger partial charge in [-0.05, 0) is 64.7 Å². The Hall–Kier alpha value is -2.47. The average molecular weight is 440 g/mol. The molecule has 0 saturated heterocycles. The van der Waals surface area contributed by atoms with Crippen LogP contribution in [-0.2, 0) is 6.42 Å². The Morgan fingerprint density at radius 1 is 1.18 bits per heavy atom. The number of pyridine rings is 3. The van der Waals surface area contributed by atoms with Crippen molar-refractivity contribution in [2.75, 3.05) is 0 Å². The predicted molar refractivity (Wildman–Crippen MR) is 113 cm³/mol. The van der Waals surface area contributed by atoms with Crippen molar-refractivity contribution >= 4 is 27.4 Å². The molecule has 0 aromatic carbocycles. The average Bonchev–Trinajstić information content (AvgIpc) is 2.72. The summed E-state index contributed by atoms with van der Waals surface area (Å²) in [6, 6.07) is 11.4. The number of carbonyl (C=O) groups excluding carboxylic acids is 1. The van der Waals surface area contributed by atoms with Crippen LogP contribution in [0.15, 0.2) is 58.1 Å². The Balaban J connectivity index is 1.72. The van der Waals surface area contributed by atoms with Crippen molar-refractivity contribution in [1.82, 2.24) is 14.7 Å². The topological polar surface area (TPSA) is 63.5 Å². The SMILES string of the molecule is O=C(NC1CCCCC1)c1cc(Cc2ccc(Br)cn2)c2ccccn2c1=O. The Morgan fingerprint density at radius 2 is 2.00 bits per heavy atom. The first-order valence-corrected chi connectivity index (χ1v) is 10.5. The molecule has 0 spiro atoms. The van der Waals surface area contributed by atoms with Gasteiger partial charge in [-0.15, -0.1) is 0 Å². The number of amides is 1. The van der Waals surface area contributed by atoms with Crippen LogP contribution >= 0.6 is 15.9 Å². The summed E-state index contributed by atoms with van der Waals surface area (Å²) in [6.07, 6.45) is 9.45. The number of halogens is 1. The van der Waals surface area contributed by atoms with Gasteiger partial charge in [-0.25, -0.2) is 0 Å². The molecule has 1 aliphatic carbocycles. The van der Waals surface area contributed by atoms with Gasteiger partial charge in [-0.1, -0.05) is 25.3 Å². The molecule has 1 amide bonds. The third kappa shape index (κ3) is 4.02. The summed E-state index contributed by atoms with van der Waals surface area (Å²) >= 11 is 3.40. The number of hydrogen-bond acceptors (Lipinski definition) is 3. The van der Waals surface area contributed by atoms with Crippen molar-refractivity contribution in [3.63, 3.8) is 0 Å². The van der Waals surface area contributed by atoms with E-state index < -0.39 is 0 Å². The maximum Gasteiger partial charge on any atom is 0.267 e. The highest BCUT2D eigenvalue weighted by Crippen LogP contribution is 2.19. The van der Waals surface area contributed by atoms with Gasteiger partial charge in [-0.2, -0.15) is 0 Å². The quantitative estimate of drug-likeness (QED) is 0.664. The van der Waals surface area contributed by atoms with Crippen LogP contribution in [0.25, 0.3) is 5.52 Å². The fourth-order valence-corrected chi connectivity index (χ4v) is 4.08. The van der Waals surface area contributed by atoms with Crippen LogP contribution in [-0.4, -0.2) is 21.3 Å². The minimum Gasteiger partial charge on any atom is -0.349 e. The fourth-order valence-electron chi connectivity index (χ4n) is 3.84. The van der Waals surface area contributed by atoms with Gasteiger partial charge in [0.15, 0.2) is 0 Å². The summed E-state index contributed by atoms with van der Waals surface area (Å²) in [6.45, 7) is 0. The highest BCUT2D eigenvalue weighted by Gasteiger charge is 2.20. The Bertz CT molecular complexity index is 1050. The Morgan fingerprint density at radius 3 is 2.75 bits per heavy atom. The molecule has 0 unspecified atom stereocenters. The monoisotopic (exact) mass is 439 g/mol. The van der Waals surface area contributed by atoms with Crippen LogP contribution < -0.4 is 10.9 Å². The maximum atomic E-state index is 12.9. The van der Waals surface area contributed by atoms with E-state index in [9.17, 15) is 9.59 Å². The lowest BCUT2D eigenvalue weighted by molar-refractivity contribution is 0.0926. The number of hydrogen-bond donors (Lipinski definition) is 1. The zero-order valence-corrected chi connectivity index (χ0v) is 17.1. The first-order chi connectivity index (χ1) is 13.6. The molecule has 0 atom stereocenters. The van der Waals surface area contributed by atoms with Crippen molar-refractivity contribution in [1.29, 1.82) is 0 Å². The van der Waals surface area contributed by atoms with Gasteiger partial charge >= 0.3 is 0 Å². The summed E-state index contributed by atoms with van der Waals surface area (Å²) in [5.74, 6) is -0.278. The second-order valence-electron chi connectivity index (χ2n) is 7.30. The molecule has 6 heteroatoms. The van der Waals surface area contributed by atoms with Gasteiger partial charge in [0.05, 0.1) is 5.52 Å². The zero-order chi connectivity index (χ0) is 19.5. The third-order valence-electron chi connectivity index (χ3n) is 5.30. The minimum atomic E-state index is -0.281. The highest BCUT2D eigenvalue weighted by atomic mass is 79.9. The summed E-state index contributed by atoms with van der Waals surface area (Å²) in [7, 11) is 0. The molecular formula is C22H22BrN3O2. The van der Waals surface area contributed by atoms with Gasteiger partial charge in [0, 0.05) is 35.0 Å². The second-order valence-corrected chi connectivity index (χ2v) is 8.21. The van der Waals surface area contributed by atoms with Crippen LogP contribution in [0.5, 0.6) is 0 Å². The van der Waals surface area contributed by atoms with E-state index in [-0.39, 0.29) is 23.1 Å². The van der Waals surface area contributed by atoms with Gasteiger partial charge in [-0.3, -0.25) is 19.0 Å². The number of carbonyl (C=O) groups is 1. The van der Waals surface area contributed by atoms with Crippen molar-refractivity contribution < 1.29 is 4.79 Å². The molecule has 4 rings (SSSR count). The van der Waals surface area contributed by atoms with E-state index in [1.54, 1.807) is 28.9 Å². The van der Waals surface area contributed by atoms with Crippen molar-refractivity contribution in [3.05, 3.63) is 80.4 Å². The summed E-state index contributed by atoms with van der Waals surface area (Å²) < 4.78 is 2.47. The molecule has 3 aromatic heterocycles. The number of nitrogens with zero attached hydrogens (tertiary/aromatic N) is 2. The lowest BCUT2D eigenvalue weighted by Gasteiger charge is -2.22. The molecule has 3 heterocycles. The number of rotatable bonds is 4. The van der Waals surface area contributed by atoms with Gasteiger partial charge in [0.1, 0.15) is 5.56 Å². The van der Waals surface area contributed by atoms with E-state index in [4.69, 9.17) is 0 Å². The van der Waals surface area contributed by atoms with Gasteiger partial charge < -0.3 is 5.32 Å². The molecule has 28 heavy (non-hydrogen) atoms. The van der Waals surface area contributed by atoms with E-state index in [1.165, 1.54) is 6.42 Å². The third-order valence-corrected chi connectivity index (χ3v) is 5.77. The highest BCUT2D eigenvalue weighted by molar-refractivity contribution is 9.10. The molecule has 1 aliphatic rings. The largest absolute Gasteiger partial charge is 0.349 e. The molecule has 1 fully saturated rings. The number of nitrogens with one attached hydrogen (secondary N) is 1. The molecule has 1 saturated carbocycles. The Kier molecular flexibility index (Phi) is 5.57. The van der Waals surface area contributed by atoms with E-state index in [0.29, 0.717) is 6.42 Å². The van der Waals surface area contributed by atoms with Crippen molar-refractivity contribution in [3.8, 4) is 0 Å². The fraction of sp³-hybridized carbons (Fsp3) is 0.318. The van der Waals surface area contributed by atoms with Crippen molar-refractivity contribution in [2.45, 2.75) is 44.6 Å². The van der Waals surface area contributed by atoms with Crippen LogP contribution in [0.3, 0.4) is 0 Å². The van der Waals surface area contributed by atoms with E-state index in [1.807, 2.05) is 24.3 Å². The molecule has 144 valence electrons. The summed E-state index contributed by atoms with van der Waals surface area (Å²) in [4.78, 5) is 30.3. The number of fused-ring (bicyclic) bond motifs is 1. The van der Waals surface area contributed by atoms with Crippen LogP contribution in [0.1, 0.15) is 53.7 Å². The van der Waals surface area contributed by atoms with Crippen LogP contribution in [0, 0.1) is 0 Å².